The van der Waals surface area contributed by atoms with Gasteiger partial charge in [0.2, 0.25) is 0 Å². The van der Waals surface area contributed by atoms with Gasteiger partial charge in [-0.2, -0.15) is 0 Å². The van der Waals surface area contributed by atoms with E-state index in [1.807, 2.05) is 60.7 Å². The second-order valence-corrected chi connectivity index (χ2v) is 12.7. The molecule has 2 aromatic heterocycles. The molecule has 9 rings (SSSR count). The summed E-state index contributed by atoms with van der Waals surface area (Å²) in [4.78, 5) is 26.7. The Hall–Kier alpha value is -5.94. The summed E-state index contributed by atoms with van der Waals surface area (Å²) in [5, 5.41) is 5.87. The fourth-order valence-electron chi connectivity index (χ4n) is 7.34. The van der Waals surface area contributed by atoms with Crippen LogP contribution in [0.5, 0.6) is 0 Å². The lowest BCUT2D eigenvalue weighted by molar-refractivity contribution is 0.563. The van der Waals surface area contributed by atoms with Gasteiger partial charge in [-0.25, -0.2) is 9.59 Å². The Morgan fingerprint density at radius 3 is 1.72 bits per heavy atom. The van der Waals surface area contributed by atoms with Gasteiger partial charge in [-0.1, -0.05) is 86.6 Å². The van der Waals surface area contributed by atoms with Crippen molar-refractivity contribution in [1.29, 1.82) is 0 Å². The summed E-state index contributed by atoms with van der Waals surface area (Å²) in [5.74, 6) is 0. The zero-order valence-electron chi connectivity index (χ0n) is 25.2. The first-order chi connectivity index (χ1) is 22.3. The van der Waals surface area contributed by atoms with Crippen LogP contribution in [0.1, 0.15) is 25.0 Å². The molecule has 0 bridgehead atoms. The summed E-state index contributed by atoms with van der Waals surface area (Å²) in [5.41, 5.74) is 13.4. The number of hydrogen-bond acceptors (Lipinski definition) is 5. The van der Waals surface area contributed by atoms with Gasteiger partial charge in [-0.15, -0.1) is 0 Å². The second kappa shape index (κ2) is 9.29. The minimum Gasteiger partial charge on any atom is -0.422 e. The molecule has 5 heteroatoms. The molecular formula is C41H27NO4. The predicted octanol–water partition coefficient (Wildman–Crippen LogP) is 9.43. The van der Waals surface area contributed by atoms with E-state index in [1.54, 1.807) is 12.1 Å². The minimum absolute atomic E-state index is 0.367. The van der Waals surface area contributed by atoms with Gasteiger partial charge in [0.15, 0.2) is 0 Å². The molecule has 2 N–H and O–H groups in total. The molecule has 1 aliphatic carbocycles. The zero-order valence-corrected chi connectivity index (χ0v) is 25.2. The zero-order chi connectivity index (χ0) is 31.3. The van der Waals surface area contributed by atoms with Crippen molar-refractivity contribution in [3.63, 3.8) is 0 Å². The Balaban J connectivity index is 1.19. The molecule has 0 unspecified atom stereocenters. The van der Waals surface area contributed by atoms with E-state index < -0.39 is 5.63 Å². The number of hydrogen-bond donors (Lipinski definition) is 1. The van der Waals surface area contributed by atoms with Crippen LogP contribution in [-0.2, 0) is 5.41 Å². The quantitative estimate of drug-likeness (QED) is 0.122. The lowest BCUT2D eigenvalue weighted by atomic mass is 9.81. The van der Waals surface area contributed by atoms with E-state index in [0.717, 1.165) is 65.7 Å². The van der Waals surface area contributed by atoms with E-state index in [4.69, 9.17) is 14.6 Å². The molecule has 2 heterocycles. The normalized spacial score (nSPS) is 13.4. The molecule has 8 aromatic rings. The Morgan fingerprint density at radius 2 is 1.07 bits per heavy atom. The summed E-state index contributed by atoms with van der Waals surface area (Å²) in [6, 6.07) is 37.8. The van der Waals surface area contributed by atoms with Crippen molar-refractivity contribution in [1.82, 2.24) is 0 Å². The van der Waals surface area contributed by atoms with Gasteiger partial charge < -0.3 is 14.6 Å². The minimum atomic E-state index is -0.406. The van der Waals surface area contributed by atoms with E-state index in [2.05, 4.69) is 56.3 Å². The Kier molecular flexibility index (Phi) is 5.34. The number of fused-ring (bicyclic) bond motifs is 10. The largest absolute Gasteiger partial charge is 0.422 e. The molecule has 0 saturated carbocycles. The van der Waals surface area contributed by atoms with Crippen molar-refractivity contribution < 1.29 is 8.83 Å². The standard InChI is InChI=1S/C41H27NO4/c1-41(2)35-18-22(32-17-24-11-14-25(42)20-37(24)45-39(32)43)12-15-29(35)30-16-13-23(19-36(30)41)33-21-34-28-9-4-3-7-26(28)27-8-5-6-10-31(27)38(34)46-40(33)44/h3-21H,42H2,1-2H3. The fourth-order valence-corrected chi connectivity index (χ4v) is 7.34. The van der Waals surface area contributed by atoms with Crippen LogP contribution in [0.3, 0.4) is 0 Å². The van der Waals surface area contributed by atoms with Gasteiger partial charge in [0, 0.05) is 33.3 Å². The number of anilines is 1. The Bertz CT molecular complexity index is 2730. The molecule has 0 amide bonds. The van der Waals surface area contributed by atoms with E-state index in [9.17, 15) is 9.59 Å². The first-order valence-electron chi connectivity index (χ1n) is 15.3. The third kappa shape index (κ3) is 3.69. The molecule has 6 aromatic carbocycles. The maximum atomic E-state index is 13.6. The maximum Gasteiger partial charge on any atom is 0.344 e. The number of nitrogens with two attached hydrogens (primary N) is 1. The summed E-state index contributed by atoms with van der Waals surface area (Å²) < 4.78 is 11.8. The Labute approximate surface area is 263 Å². The van der Waals surface area contributed by atoms with Crippen LogP contribution in [0.15, 0.2) is 134 Å². The average molecular weight is 598 g/mol. The monoisotopic (exact) mass is 597 g/mol. The van der Waals surface area contributed by atoms with Crippen LogP contribution in [0.4, 0.5) is 5.69 Å². The van der Waals surface area contributed by atoms with Crippen molar-refractivity contribution in [3.8, 4) is 33.4 Å². The van der Waals surface area contributed by atoms with Crippen LogP contribution < -0.4 is 17.0 Å². The molecule has 0 atom stereocenters. The highest BCUT2D eigenvalue weighted by atomic mass is 16.4. The number of benzene rings is 6. The van der Waals surface area contributed by atoms with Crippen LogP contribution in [0.2, 0.25) is 0 Å². The Morgan fingerprint density at radius 1 is 0.522 bits per heavy atom. The van der Waals surface area contributed by atoms with E-state index in [-0.39, 0.29) is 11.0 Å². The fraction of sp³-hybridized carbons (Fsp3) is 0.0732. The molecule has 1 aliphatic rings. The van der Waals surface area contributed by atoms with Crippen molar-refractivity contribution in [2.24, 2.45) is 0 Å². The van der Waals surface area contributed by atoms with Gasteiger partial charge in [-0.3, -0.25) is 0 Å². The molecule has 46 heavy (non-hydrogen) atoms. The van der Waals surface area contributed by atoms with Gasteiger partial charge in [-0.05, 0) is 85.9 Å². The lowest BCUT2D eigenvalue weighted by Gasteiger charge is -2.22. The van der Waals surface area contributed by atoms with Crippen molar-refractivity contribution in [2.45, 2.75) is 19.3 Å². The molecule has 220 valence electrons. The average Bonchev–Trinajstić information content (AvgIpc) is 3.29. The first kappa shape index (κ1) is 26.5. The van der Waals surface area contributed by atoms with Gasteiger partial charge in [0.25, 0.3) is 0 Å². The van der Waals surface area contributed by atoms with E-state index in [1.165, 1.54) is 0 Å². The van der Waals surface area contributed by atoms with Gasteiger partial charge in [0.1, 0.15) is 11.2 Å². The summed E-state index contributed by atoms with van der Waals surface area (Å²) in [7, 11) is 0. The molecule has 0 fully saturated rings. The smallest absolute Gasteiger partial charge is 0.344 e. The van der Waals surface area contributed by atoms with Crippen molar-refractivity contribution in [2.75, 3.05) is 5.73 Å². The maximum absolute atomic E-state index is 13.6. The van der Waals surface area contributed by atoms with Crippen LogP contribution >= 0.6 is 0 Å². The van der Waals surface area contributed by atoms with Crippen LogP contribution in [-0.4, -0.2) is 0 Å². The van der Waals surface area contributed by atoms with E-state index in [0.29, 0.717) is 28.0 Å². The summed E-state index contributed by atoms with van der Waals surface area (Å²) in [6.07, 6.45) is 0. The summed E-state index contributed by atoms with van der Waals surface area (Å²) >= 11 is 0. The second-order valence-electron chi connectivity index (χ2n) is 12.7. The summed E-state index contributed by atoms with van der Waals surface area (Å²) in [6.45, 7) is 4.36. The first-order valence-corrected chi connectivity index (χ1v) is 15.3. The highest BCUT2D eigenvalue weighted by molar-refractivity contribution is 6.23. The van der Waals surface area contributed by atoms with E-state index >= 15 is 0 Å². The molecule has 5 nitrogen and oxygen atoms in total. The van der Waals surface area contributed by atoms with Crippen molar-refractivity contribution in [3.05, 3.63) is 147 Å². The van der Waals surface area contributed by atoms with Crippen LogP contribution in [0, 0.1) is 0 Å². The predicted molar refractivity (Wildman–Crippen MR) is 186 cm³/mol. The third-order valence-electron chi connectivity index (χ3n) is 9.69. The SMILES string of the molecule is CC1(C)c2cc(-c3cc4ccc(N)cc4oc3=O)ccc2-c2ccc(-c3cc4c5ccccc5c5ccccc5c4oc3=O)cc21. The number of nitrogen functional groups attached to an aromatic ring is 1. The topological polar surface area (TPSA) is 86.4 Å². The van der Waals surface area contributed by atoms with Gasteiger partial charge >= 0.3 is 11.3 Å². The molecular weight excluding hydrogens is 570 g/mol. The van der Waals surface area contributed by atoms with Crippen molar-refractivity contribution >= 4 is 49.2 Å². The van der Waals surface area contributed by atoms with Gasteiger partial charge in [0.05, 0.1) is 11.1 Å². The lowest BCUT2D eigenvalue weighted by Crippen LogP contribution is -2.15. The van der Waals surface area contributed by atoms with Crippen LogP contribution in [0.25, 0.3) is 76.9 Å². The highest BCUT2D eigenvalue weighted by Crippen LogP contribution is 2.50. The third-order valence-corrected chi connectivity index (χ3v) is 9.69. The number of rotatable bonds is 2. The molecule has 0 saturated heterocycles. The molecule has 0 aliphatic heterocycles. The molecule has 0 spiro atoms. The molecule has 0 radical (unpaired) electrons. The highest BCUT2D eigenvalue weighted by Gasteiger charge is 2.36.